The van der Waals surface area contributed by atoms with Gasteiger partial charge in [0.2, 0.25) is 5.91 Å². The zero-order valence-electron chi connectivity index (χ0n) is 24.3. The topological polar surface area (TPSA) is 77.2 Å². The van der Waals surface area contributed by atoms with Crippen LogP contribution in [-0.4, -0.2) is 83.5 Å². The number of piperidine rings is 1. The minimum absolute atomic E-state index is 0.0304. The Kier molecular flexibility index (Phi) is 7.17. The molecule has 3 aliphatic rings. The lowest BCUT2D eigenvalue weighted by Crippen LogP contribution is -2.49. The smallest absolute Gasteiger partial charge is 0.226 e. The van der Waals surface area contributed by atoms with E-state index in [1.165, 1.54) is 11.1 Å². The molecule has 0 bridgehead atoms. The van der Waals surface area contributed by atoms with E-state index in [0.29, 0.717) is 11.8 Å². The molecule has 40 heavy (non-hydrogen) atoms. The lowest BCUT2D eigenvalue weighted by atomic mass is 9.83. The Bertz CT molecular complexity index is 1380. The SMILES string of the molecule is COC1(c2ccc(-c3cc4c(N5CCN(C(=O)[C@H]6C[C@@H]6C(C)=N)CC5)ccnn4c3)cc2)CCN(C(C)C)CC1. The van der Waals surface area contributed by atoms with Gasteiger partial charge in [-0.2, -0.15) is 5.10 Å². The first-order valence-corrected chi connectivity index (χ1v) is 14.8. The molecule has 8 heteroatoms. The molecule has 1 saturated carbocycles. The molecule has 1 aliphatic carbocycles. The van der Waals surface area contributed by atoms with Crippen molar-refractivity contribution >= 4 is 22.8 Å². The predicted molar refractivity (Wildman–Crippen MR) is 159 cm³/mol. The number of carbonyl (C=O) groups excluding carboxylic acids is 1. The van der Waals surface area contributed by atoms with E-state index >= 15 is 0 Å². The van der Waals surface area contributed by atoms with Crippen molar-refractivity contribution in [1.82, 2.24) is 19.4 Å². The van der Waals surface area contributed by atoms with Crippen LogP contribution >= 0.6 is 0 Å². The number of hydrogen-bond donors (Lipinski definition) is 1. The molecule has 3 fully saturated rings. The number of anilines is 1. The van der Waals surface area contributed by atoms with E-state index in [0.717, 1.165) is 75.3 Å². The van der Waals surface area contributed by atoms with Gasteiger partial charge in [0.05, 0.1) is 16.8 Å². The van der Waals surface area contributed by atoms with Gasteiger partial charge in [0.25, 0.3) is 0 Å². The standard InChI is InChI=1S/C32H42N6O2/c1-22(2)35-13-10-32(40-4,11-14-35)26-7-5-24(6-8-26)25-19-30-29(9-12-34-38(30)21-25)36-15-17-37(18-16-36)31(39)28-20-27(28)23(3)33/h5-9,12,19,21-22,27-28,33H,10-11,13-18,20H2,1-4H3/t27-,28+/m1/s1. The number of amides is 1. The van der Waals surface area contributed by atoms with Gasteiger partial charge >= 0.3 is 0 Å². The summed E-state index contributed by atoms with van der Waals surface area (Å²) >= 11 is 0. The lowest BCUT2D eigenvalue weighted by molar-refractivity contribution is -0.133. The minimum Gasteiger partial charge on any atom is -0.373 e. The van der Waals surface area contributed by atoms with E-state index < -0.39 is 0 Å². The summed E-state index contributed by atoms with van der Waals surface area (Å²) in [6.45, 7) is 11.5. The van der Waals surface area contributed by atoms with Gasteiger partial charge in [-0.3, -0.25) is 4.79 Å². The average Bonchev–Trinajstić information content (AvgIpc) is 3.68. The highest BCUT2D eigenvalue weighted by Gasteiger charge is 2.46. The molecule has 0 radical (unpaired) electrons. The van der Waals surface area contributed by atoms with Gasteiger partial charge < -0.3 is 24.8 Å². The van der Waals surface area contributed by atoms with Crippen LogP contribution in [0.3, 0.4) is 0 Å². The van der Waals surface area contributed by atoms with Crippen molar-refractivity contribution in [3.05, 3.63) is 54.4 Å². The number of methoxy groups -OCH3 is 1. The summed E-state index contributed by atoms with van der Waals surface area (Å²) in [6, 6.07) is 13.8. The highest BCUT2D eigenvalue weighted by Crippen LogP contribution is 2.41. The van der Waals surface area contributed by atoms with E-state index in [4.69, 9.17) is 10.1 Å². The second kappa shape index (κ2) is 10.6. The molecule has 2 atom stereocenters. The first kappa shape index (κ1) is 27.0. The number of rotatable bonds is 7. The summed E-state index contributed by atoms with van der Waals surface area (Å²) in [6.07, 6.45) is 6.82. The van der Waals surface area contributed by atoms with E-state index in [9.17, 15) is 4.79 Å². The number of carbonyl (C=O) groups is 1. The molecular weight excluding hydrogens is 500 g/mol. The number of benzene rings is 1. The molecule has 0 unspecified atom stereocenters. The van der Waals surface area contributed by atoms with Gasteiger partial charge in [0, 0.05) is 87.9 Å². The maximum absolute atomic E-state index is 12.9. The van der Waals surface area contributed by atoms with Crippen molar-refractivity contribution in [3.63, 3.8) is 0 Å². The largest absolute Gasteiger partial charge is 0.373 e. The van der Waals surface area contributed by atoms with Gasteiger partial charge in [-0.1, -0.05) is 24.3 Å². The Morgan fingerprint density at radius 1 is 1.00 bits per heavy atom. The van der Waals surface area contributed by atoms with Crippen molar-refractivity contribution in [1.29, 1.82) is 5.41 Å². The van der Waals surface area contributed by atoms with Crippen molar-refractivity contribution in [2.75, 3.05) is 51.3 Å². The number of likely N-dealkylation sites (tertiary alicyclic amines) is 1. The fourth-order valence-corrected chi connectivity index (χ4v) is 6.75. The first-order chi connectivity index (χ1) is 19.3. The average molecular weight is 543 g/mol. The minimum atomic E-state index is -0.216. The summed E-state index contributed by atoms with van der Waals surface area (Å²) < 4.78 is 8.11. The number of fused-ring (bicyclic) bond motifs is 1. The lowest BCUT2D eigenvalue weighted by Gasteiger charge is -2.42. The molecule has 1 amide bonds. The van der Waals surface area contributed by atoms with E-state index in [2.05, 4.69) is 71.3 Å². The van der Waals surface area contributed by atoms with Crippen molar-refractivity contribution < 1.29 is 9.53 Å². The Morgan fingerprint density at radius 2 is 1.70 bits per heavy atom. The van der Waals surface area contributed by atoms with Gasteiger partial charge in [0.15, 0.2) is 0 Å². The van der Waals surface area contributed by atoms with Gasteiger partial charge in [-0.05, 0) is 63.3 Å². The number of ether oxygens (including phenoxy) is 1. The molecule has 1 N–H and O–H groups in total. The molecule has 8 nitrogen and oxygen atoms in total. The third-order valence-electron chi connectivity index (χ3n) is 9.55. The molecule has 2 aliphatic heterocycles. The number of aromatic nitrogens is 2. The van der Waals surface area contributed by atoms with Crippen molar-refractivity contribution in [2.24, 2.45) is 11.8 Å². The predicted octanol–water partition coefficient (Wildman–Crippen LogP) is 4.67. The fraction of sp³-hybridized carbons (Fsp3) is 0.531. The van der Waals surface area contributed by atoms with Crippen LogP contribution in [0.1, 0.15) is 45.6 Å². The van der Waals surface area contributed by atoms with Gasteiger partial charge in [-0.15, -0.1) is 0 Å². The zero-order valence-corrected chi connectivity index (χ0v) is 24.3. The molecule has 3 aromatic rings. The molecule has 2 aromatic heterocycles. The summed E-state index contributed by atoms with van der Waals surface area (Å²) in [7, 11) is 1.85. The Balaban J connectivity index is 1.16. The molecular formula is C32H42N6O2. The molecule has 212 valence electrons. The van der Waals surface area contributed by atoms with Crippen molar-refractivity contribution in [3.8, 4) is 11.1 Å². The summed E-state index contributed by atoms with van der Waals surface area (Å²) in [5.74, 6) is 0.421. The number of hydrogen-bond acceptors (Lipinski definition) is 6. The van der Waals surface area contributed by atoms with Gasteiger partial charge in [-0.25, -0.2) is 4.52 Å². The quantitative estimate of drug-likeness (QED) is 0.439. The summed E-state index contributed by atoms with van der Waals surface area (Å²) in [5, 5.41) is 12.4. The van der Waals surface area contributed by atoms with Crippen LogP contribution in [0.5, 0.6) is 0 Å². The van der Waals surface area contributed by atoms with Crippen LogP contribution in [0.15, 0.2) is 48.8 Å². The van der Waals surface area contributed by atoms with Crippen molar-refractivity contribution in [2.45, 2.75) is 51.7 Å². The Morgan fingerprint density at radius 3 is 2.30 bits per heavy atom. The maximum Gasteiger partial charge on any atom is 0.226 e. The Hall–Kier alpha value is -3.23. The highest BCUT2D eigenvalue weighted by atomic mass is 16.5. The highest BCUT2D eigenvalue weighted by molar-refractivity contribution is 5.93. The van der Waals surface area contributed by atoms with E-state index in [-0.39, 0.29) is 23.3 Å². The van der Waals surface area contributed by atoms with Crippen LogP contribution in [0.4, 0.5) is 5.69 Å². The molecule has 1 aromatic carbocycles. The molecule has 2 saturated heterocycles. The fourth-order valence-electron chi connectivity index (χ4n) is 6.75. The number of nitrogens with one attached hydrogen (secondary N) is 1. The molecule has 4 heterocycles. The monoisotopic (exact) mass is 542 g/mol. The van der Waals surface area contributed by atoms with E-state index in [1.807, 2.05) is 29.6 Å². The number of piperazine rings is 1. The van der Waals surface area contributed by atoms with Gasteiger partial charge in [0.1, 0.15) is 0 Å². The van der Waals surface area contributed by atoms with Crippen LogP contribution in [0, 0.1) is 17.2 Å². The molecule has 6 rings (SSSR count). The number of nitrogens with zero attached hydrogens (tertiary/aromatic N) is 5. The first-order valence-electron chi connectivity index (χ1n) is 14.8. The Labute approximate surface area is 237 Å². The molecule has 0 spiro atoms. The van der Waals surface area contributed by atoms with Crippen LogP contribution < -0.4 is 4.90 Å². The van der Waals surface area contributed by atoms with E-state index in [1.54, 1.807) is 0 Å². The third-order valence-corrected chi connectivity index (χ3v) is 9.55. The third kappa shape index (κ3) is 4.92. The summed E-state index contributed by atoms with van der Waals surface area (Å²) in [4.78, 5) is 19.8. The van der Waals surface area contributed by atoms with Crippen LogP contribution in [0.2, 0.25) is 0 Å². The second-order valence-corrected chi connectivity index (χ2v) is 12.1. The normalized spacial score (nSPS) is 23.1. The summed E-state index contributed by atoms with van der Waals surface area (Å²) in [5.41, 5.74) is 6.22. The zero-order chi connectivity index (χ0) is 28.0. The van der Waals surface area contributed by atoms with Crippen LogP contribution in [-0.2, 0) is 15.1 Å². The van der Waals surface area contributed by atoms with Crippen LogP contribution in [0.25, 0.3) is 16.6 Å². The second-order valence-electron chi connectivity index (χ2n) is 12.1. The maximum atomic E-state index is 12.9.